The lowest BCUT2D eigenvalue weighted by Gasteiger charge is -2.31. The van der Waals surface area contributed by atoms with Crippen LogP contribution in [0.15, 0.2) is 134 Å². The van der Waals surface area contributed by atoms with Gasteiger partial charge in [-0.15, -0.1) is 0 Å². The van der Waals surface area contributed by atoms with E-state index in [-0.39, 0.29) is 179 Å². The molecule has 4 atom stereocenters. The molecule has 28 heteroatoms. The molecule has 10 rings (SSSR count). The Morgan fingerprint density at radius 2 is 1.41 bits per heavy atom. The van der Waals surface area contributed by atoms with E-state index in [1.54, 1.807) is 74.2 Å². The van der Waals surface area contributed by atoms with Gasteiger partial charge in [0.2, 0.25) is 17.6 Å². The maximum atomic E-state index is 14.3. The number of aliphatic hydroxyl groups excluding tert-OH is 1. The molecule has 106 heavy (non-hydrogen) atoms. The van der Waals surface area contributed by atoms with Gasteiger partial charge in [0, 0.05) is 132 Å². The number of aliphatic hydroxyl groups is 1. The molecule has 0 radical (unpaired) electrons. The Hall–Kier alpha value is -11.5. The first-order valence-electron chi connectivity index (χ1n) is 34.9. The van der Waals surface area contributed by atoms with Gasteiger partial charge in [-0.2, -0.15) is 0 Å². The van der Waals surface area contributed by atoms with Crippen LogP contribution >= 0.6 is 0 Å². The largest absolute Gasteiger partial charge is 0.493 e. The fourth-order valence-corrected chi connectivity index (χ4v) is 12.8. The van der Waals surface area contributed by atoms with Gasteiger partial charge in [-0.1, -0.05) is 74.5 Å². The summed E-state index contributed by atoms with van der Waals surface area (Å²) in [6.45, 7) is 9.97. The molecule has 3 aliphatic rings. The van der Waals surface area contributed by atoms with Crippen molar-refractivity contribution in [3.63, 3.8) is 0 Å². The number of imide groups is 1. The van der Waals surface area contributed by atoms with Crippen LogP contribution in [0.5, 0.6) is 11.5 Å². The molecule has 1 fully saturated rings. The SMILES string of the molecule is C=C1C[C@H]2[C@H](O)N(C(=O)OCc3ccc(CC(=O)[C@H](C)NC(=O)[C@@H](CC(=O)CCOCCOCCCC(=O)CCN4C(=O)C=CC4=O)C(C)C)cc3)c3cc(OCCCC(=O)Nc4cn(C)c(C(=O)Cc5ccc(-c6cc(C(=O)n7ccc8cc(C(=O)O)ccc87)n(C)c6)cc5)n4)c(OC)cc3C(=O)N2C1. The molecule has 4 aromatic carbocycles. The summed E-state index contributed by atoms with van der Waals surface area (Å²) in [7, 11) is 4.78. The van der Waals surface area contributed by atoms with E-state index in [0.29, 0.717) is 51.9 Å². The first kappa shape index (κ1) is 77.1. The minimum absolute atomic E-state index is 0.00353. The monoisotopic (exact) mass is 1450 g/mol. The van der Waals surface area contributed by atoms with Crippen molar-refractivity contribution in [1.82, 2.24) is 33.8 Å². The molecule has 7 aromatic rings. The lowest BCUT2D eigenvalue weighted by molar-refractivity contribution is -0.137. The molecule has 0 aliphatic carbocycles. The van der Waals surface area contributed by atoms with Gasteiger partial charge in [0.05, 0.1) is 68.0 Å². The number of methoxy groups -OCH3 is 1. The smallest absolute Gasteiger partial charge is 0.416 e. The predicted octanol–water partition coefficient (Wildman–Crippen LogP) is 8.18. The molecular weight excluding hydrogens is 1370 g/mol. The number of aromatic nitrogens is 4. The summed E-state index contributed by atoms with van der Waals surface area (Å²) in [6, 6.07) is 23.1. The number of carbonyl (C=O) groups is 12. The highest BCUT2D eigenvalue weighted by molar-refractivity contribution is 6.13. The zero-order chi connectivity index (χ0) is 76.0. The number of carboxylic acids is 1. The summed E-state index contributed by atoms with van der Waals surface area (Å²) in [4.78, 5) is 164. The second-order valence-electron chi connectivity index (χ2n) is 26.8. The number of nitrogens with zero attached hydrogens (tertiary/aromatic N) is 7. The van der Waals surface area contributed by atoms with E-state index in [9.17, 15) is 67.7 Å². The summed E-state index contributed by atoms with van der Waals surface area (Å²) in [5, 5.41) is 27.5. The minimum atomic E-state index is -1.60. The first-order chi connectivity index (χ1) is 50.7. The summed E-state index contributed by atoms with van der Waals surface area (Å²) in [5.74, 6) is -4.86. The van der Waals surface area contributed by atoms with E-state index in [1.165, 1.54) is 63.8 Å². The van der Waals surface area contributed by atoms with Crippen LogP contribution < -0.4 is 25.0 Å². The number of hydrogen-bond donors (Lipinski definition) is 4. The summed E-state index contributed by atoms with van der Waals surface area (Å²) < 4.78 is 33.4. The highest BCUT2D eigenvalue weighted by Crippen LogP contribution is 2.42. The van der Waals surface area contributed by atoms with Crippen LogP contribution in [0.1, 0.15) is 131 Å². The van der Waals surface area contributed by atoms with Gasteiger partial charge in [0.15, 0.2) is 35.2 Å². The second kappa shape index (κ2) is 34.9. The lowest BCUT2D eigenvalue weighted by Crippen LogP contribution is -2.50. The van der Waals surface area contributed by atoms with Crippen LogP contribution in [-0.2, 0) is 81.3 Å². The minimum Gasteiger partial charge on any atom is -0.493 e. The van der Waals surface area contributed by atoms with Gasteiger partial charge >= 0.3 is 12.1 Å². The molecule has 3 aromatic heterocycles. The number of Topliss-reactive ketones (excluding diaryl/α,β-unsaturated/α-hetero) is 4. The molecule has 28 nitrogen and oxygen atoms in total. The number of ether oxygens (including phenoxy) is 5. The van der Waals surface area contributed by atoms with Crippen molar-refractivity contribution in [1.29, 1.82) is 0 Å². The van der Waals surface area contributed by atoms with Crippen molar-refractivity contribution >= 4 is 93.0 Å². The Kier molecular flexibility index (Phi) is 25.4. The standard InChI is InChI=1S/C78H85N9O19/c1-46(2)58(39-57(89)26-31-104-33-32-103-29-8-10-56(88)25-28-85-70(93)22-23-71(85)94)73(95)79-48(4)64(90)35-49-12-14-51(15-13-49)45-106-78(101)87-61-41-67(66(102-7)40-59(61)74(96)86-42-47(3)34-63(86)76(87)98)105-30-9-11-69(92)80-68-44-83(6)72(81-68)65(91)36-50-16-18-52(19-17-50)55-38-62(82(5)43-55)75(97)84-27-24-53-37-54(77(99)100)20-21-60(53)84/h12-24,27,37-38,40-41,43-44,46,48,58,63,76,98H,3,8-11,25-26,28-36,39,42,45H2,1-2,4-7H3,(H,79,95)(H,80,92)(H,99,100)/t48-,58-,63-,76-/m0/s1. The number of hydrogen-bond acceptors (Lipinski definition) is 19. The first-order valence-corrected chi connectivity index (χ1v) is 34.9. The zero-order valence-corrected chi connectivity index (χ0v) is 59.8. The summed E-state index contributed by atoms with van der Waals surface area (Å²) >= 11 is 0. The number of aryl methyl sites for hydroxylation is 2. The maximum absolute atomic E-state index is 14.3. The number of amides is 6. The van der Waals surface area contributed by atoms with E-state index in [0.717, 1.165) is 20.9 Å². The van der Waals surface area contributed by atoms with Crippen LogP contribution in [0.25, 0.3) is 22.0 Å². The van der Waals surface area contributed by atoms with Gasteiger partial charge in [-0.25, -0.2) is 19.5 Å². The fraction of sp³-hybridized carbons (Fsp3) is 0.372. The third-order valence-electron chi connectivity index (χ3n) is 18.7. The molecule has 0 saturated carbocycles. The van der Waals surface area contributed by atoms with Crippen LogP contribution in [0.3, 0.4) is 0 Å². The average Bonchev–Trinajstić information content (AvgIpc) is 1.59. The Balaban J connectivity index is 0.664. The van der Waals surface area contributed by atoms with Crippen molar-refractivity contribution in [2.45, 2.75) is 110 Å². The van der Waals surface area contributed by atoms with Crippen molar-refractivity contribution in [2.24, 2.45) is 25.9 Å². The Labute approximate surface area is 610 Å². The molecule has 1 saturated heterocycles. The fourth-order valence-electron chi connectivity index (χ4n) is 12.8. The molecule has 556 valence electrons. The highest BCUT2D eigenvalue weighted by Gasteiger charge is 2.46. The molecule has 4 N–H and O–H groups in total. The van der Waals surface area contributed by atoms with Crippen molar-refractivity contribution in [2.75, 3.05) is 63.5 Å². The zero-order valence-electron chi connectivity index (χ0n) is 59.8. The van der Waals surface area contributed by atoms with E-state index >= 15 is 0 Å². The van der Waals surface area contributed by atoms with Crippen molar-refractivity contribution in [3.8, 4) is 22.6 Å². The molecule has 0 spiro atoms. The van der Waals surface area contributed by atoms with Gasteiger partial charge < -0.3 is 58.6 Å². The molecular formula is C78H85N9O19. The third kappa shape index (κ3) is 18.9. The van der Waals surface area contributed by atoms with Crippen LogP contribution in [0, 0.1) is 11.8 Å². The maximum Gasteiger partial charge on any atom is 0.416 e. The number of carboxylic acid groups (broad SMARTS) is 1. The number of carbonyl (C=O) groups excluding carboxylic acids is 11. The number of anilines is 2. The van der Waals surface area contributed by atoms with E-state index in [4.69, 9.17) is 23.7 Å². The Bertz CT molecular complexity index is 4560. The number of aromatic carboxylic acids is 1. The second-order valence-corrected chi connectivity index (χ2v) is 26.8. The van der Waals surface area contributed by atoms with Gasteiger partial charge in [0.25, 0.3) is 23.6 Å². The quantitative estimate of drug-likeness (QED) is 0.0124. The number of rotatable bonds is 36. The number of benzene rings is 4. The average molecular weight is 1450 g/mol. The lowest BCUT2D eigenvalue weighted by atomic mass is 9.88. The Morgan fingerprint density at radius 1 is 0.717 bits per heavy atom. The van der Waals surface area contributed by atoms with Gasteiger partial charge in [-0.05, 0) is 90.8 Å². The Morgan fingerprint density at radius 3 is 2.11 bits per heavy atom. The van der Waals surface area contributed by atoms with Crippen molar-refractivity contribution < 1.29 is 91.4 Å². The highest BCUT2D eigenvalue weighted by atomic mass is 16.6. The number of nitrogens with one attached hydrogen (secondary N) is 2. The van der Waals surface area contributed by atoms with Gasteiger partial charge in [-0.3, -0.25) is 57.4 Å². The number of imidazole rings is 1. The summed E-state index contributed by atoms with van der Waals surface area (Å²) in [5.41, 5.74) is 5.16. The topological polar surface area (TPSA) is 353 Å². The molecule has 6 amide bonds. The molecule has 0 bridgehead atoms. The molecule has 6 heterocycles. The third-order valence-corrected chi connectivity index (χ3v) is 18.7. The van der Waals surface area contributed by atoms with Crippen molar-refractivity contribution in [3.05, 3.63) is 173 Å². The molecule has 3 aliphatic heterocycles. The van der Waals surface area contributed by atoms with Crippen LogP contribution in [0.2, 0.25) is 0 Å². The van der Waals surface area contributed by atoms with Gasteiger partial charge in [0.1, 0.15) is 23.9 Å². The van der Waals surface area contributed by atoms with E-state index < -0.39 is 65.8 Å². The number of fused-ring (bicyclic) bond motifs is 3. The van der Waals surface area contributed by atoms with Crippen LogP contribution in [-0.4, -0.2) is 181 Å². The normalized spacial score (nSPS) is 15.3. The van der Waals surface area contributed by atoms with E-state index in [2.05, 4.69) is 22.2 Å². The summed E-state index contributed by atoms with van der Waals surface area (Å²) in [6.07, 6.45) is 5.79. The van der Waals surface area contributed by atoms with Crippen LogP contribution in [0.4, 0.5) is 16.3 Å². The molecule has 0 unspecified atom stereocenters. The predicted molar refractivity (Wildman–Crippen MR) is 386 cm³/mol. The van der Waals surface area contributed by atoms with E-state index in [1.807, 2.05) is 44.3 Å². The number of ketones is 4.